The third-order valence-corrected chi connectivity index (χ3v) is 3.97. The van der Waals surface area contributed by atoms with Crippen LogP contribution in [0.5, 0.6) is 0 Å². The van der Waals surface area contributed by atoms with E-state index in [0.29, 0.717) is 6.61 Å². The molecule has 0 aromatic carbocycles. The minimum absolute atomic E-state index is 0.238. The van der Waals surface area contributed by atoms with Crippen molar-refractivity contribution in [3.8, 4) is 0 Å². The molecule has 0 saturated carbocycles. The Hall–Kier alpha value is -1.59. The Morgan fingerprint density at radius 2 is 2.30 bits per heavy atom. The van der Waals surface area contributed by atoms with E-state index in [0.717, 1.165) is 31.0 Å². The van der Waals surface area contributed by atoms with Crippen molar-refractivity contribution in [1.82, 2.24) is 14.7 Å². The molecule has 0 N–H and O–H groups in total. The molecule has 108 valence electrons. The summed E-state index contributed by atoms with van der Waals surface area (Å²) in [6, 6.07) is 4.31. The van der Waals surface area contributed by atoms with Gasteiger partial charge in [0.15, 0.2) is 0 Å². The topological polar surface area (TPSA) is 43.4 Å². The first-order chi connectivity index (χ1) is 9.69. The highest BCUT2D eigenvalue weighted by atomic mass is 16.5. The number of aryl methyl sites for hydroxylation is 2. The fraction of sp³-hybridized carbons (Fsp3) is 0.533. The monoisotopic (exact) mass is 275 g/mol. The van der Waals surface area contributed by atoms with Gasteiger partial charge >= 0.3 is 0 Å². The van der Waals surface area contributed by atoms with Gasteiger partial charge in [-0.2, -0.15) is 5.10 Å². The first kappa shape index (κ1) is 13.4. The van der Waals surface area contributed by atoms with E-state index in [1.807, 2.05) is 30.9 Å². The summed E-state index contributed by atoms with van der Waals surface area (Å²) < 4.78 is 13.1. The maximum Gasteiger partial charge on any atom is 0.118 e. The quantitative estimate of drug-likeness (QED) is 0.856. The first-order valence-corrected chi connectivity index (χ1v) is 6.98. The van der Waals surface area contributed by atoms with E-state index >= 15 is 0 Å². The van der Waals surface area contributed by atoms with E-state index in [4.69, 9.17) is 9.15 Å². The molecule has 3 heterocycles. The van der Waals surface area contributed by atoms with E-state index in [9.17, 15) is 0 Å². The standard InChI is InChI=1S/C15H21N3O2/c1-11-4-5-13(20-11)9-18-7-6-12-8-16-17(2)15(12)14(18)10-19-3/h4-5,8,14H,6-7,9-10H2,1-3H3/t14-/m1/s1. The van der Waals surface area contributed by atoms with Gasteiger partial charge in [-0.25, -0.2) is 0 Å². The van der Waals surface area contributed by atoms with Crippen LogP contribution in [-0.4, -0.2) is 34.9 Å². The van der Waals surface area contributed by atoms with E-state index in [-0.39, 0.29) is 6.04 Å². The van der Waals surface area contributed by atoms with Gasteiger partial charge in [0.2, 0.25) is 0 Å². The molecule has 0 aliphatic carbocycles. The second-order valence-electron chi connectivity index (χ2n) is 5.38. The molecule has 0 spiro atoms. The molecule has 2 aromatic heterocycles. The lowest BCUT2D eigenvalue weighted by Crippen LogP contribution is -2.38. The van der Waals surface area contributed by atoms with Gasteiger partial charge in [-0.05, 0) is 31.0 Å². The van der Waals surface area contributed by atoms with Crippen molar-refractivity contribution in [1.29, 1.82) is 0 Å². The van der Waals surface area contributed by atoms with Crippen LogP contribution >= 0.6 is 0 Å². The molecular weight excluding hydrogens is 254 g/mol. The SMILES string of the molecule is COC[C@@H]1c2c(cnn2C)CCN1Cc1ccc(C)o1. The zero-order valence-corrected chi connectivity index (χ0v) is 12.3. The fourth-order valence-electron chi connectivity index (χ4n) is 3.01. The number of rotatable bonds is 4. The van der Waals surface area contributed by atoms with E-state index < -0.39 is 0 Å². The summed E-state index contributed by atoms with van der Waals surface area (Å²) in [7, 11) is 3.75. The summed E-state index contributed by atoms with van der Waals surface area (Å²) in [4.78, 5) is 2.41. The van der Waals surface area contributed by atoms with E-state index in [1.54, 1.807) is 7.11 Å². The third kappa shape index (κ3) is 2.39. The molecule has 0 fully saturated rings. The maximum absolute atomic E-state index is 5.71. The molecule has 5 nitrogen and oxygen atoms in total. The number of hydrogen-bond acceptors (Lipinski definition) is 4. The molecule has 20 heavy (non-hydrogen) atoms. The summed E-state index contributed by atoms with van der Waals surface area (Å²) in [6.07, 6.45) is 3.01. The maximum atomic E-state index is 5.71. The average Bonchev–Trinajstić information content (AvgIpc) is 3.00. The fourth-order valence-corrected chi connectivity index (χ4v) is 3.01. The lowest BCUT2D eigenvalue weighted by Gasteiger charge is -2.35. The van der Waals surface area contributed by atoms with Crippen LogP contribution in [0.15, 0.2) is 22.7 Å². The summed E-state index contributed by atoms with van der Waals surface area (Å²) in [6.45, 7) is 4.47. The van der Waals surface area contributed by atoms with Crippen molar-refractivity contribution in [2.75, 3.05) is 20.3 Å². The summed E-state index contributed by atoms with van der Waals surface area (Å²) in [5, 5.41) is 4.39. The Kier molecular flexibility index (Phi) is 3.63. The Morgan fingerprint density at radius 3 is 3.00 bits per heavy atom. The molecule has 1 aliphatic heterocycles. The highest BCUT2D eigenvalue weighted by molar-refractivity contribution is 5.25. The number of ether oxygens (including phenoxy) is 1. The summed E-state index contributed by atoms with van der Waals surface area (Å²) in [5.74, 6) is 1.97. The predicted octanol–water partition coefficient (Wildman–Crippen LogP) is 2.07. The molecule has 0 radical (unpaired) electrons. The average molecular weight is 275 g/mol. The van der Waals surface area contributed by atoms with Gasteiger partial charge in [0, 0.05) is 20.7 Å². The van der Waals surface area contributed by atoms with Gasteiger partial charge in [-0.3, -0.25) is 9.58 Å². The van der Waals surface area contributed by atoms with Gasteiger partial charge in [0.05, 0.1) is 31.1 Å². The van der Waals surface area contributed by atoms with Crippen molar-refractivity contribution >= 4 is 0 Å². The molecular formula is C15H21N3O2. The van der Waals surface area contributed by atoms with Crippen LogP contribution in [0.4, 0.5) is 0 Å². The number of furan rings is 1. The number of fused-ring (bicyclic) bond motifs is 1. The Balaban J connectivity index is 1.85. The van der Waals surface area contributed by atoms with Crippen molar-refractivity contribution in [2.45, 2.75) is 25.9 Å². The van der Waals surface area contributed by atoms with Crippen LogP contribution < -0.4 is 0 Å². The zero-order valence-electron chi connectivity index (χ0n) is 12.3. The van der Waals surface area contributed by atoms with Gasteiger partial charge < -0.3 is 9.15 Å². The Bertz CT molecular complexity index is 588. The molecule has 0 amide bonds. The van der Waals surface area contributed by atoms with Crippen LogP contribution in [-0.2, 0) is 24.8 Å². The number of methoxy groups -OCH3 is 1. The molecule has 1 atom stereocenters. The second-order valence-corrected chi connectivity index (χ2v) is 5.38. The van der Waals surface area contributed by atoms with Crippen molar-refractivity contribution in [3.63, 3.8) is 0 Å². The second kappa shape index (κ2) is 5.42. The van der Waals surface area contributed by atoms with Gasteiger partial charge in [0.25, 0.3) is 0 Å². The first-order valence-electron chi connectivity index (χ1n) is 6.98. The van der Waals surface area contributed by atoms with Crippen molar-refractivity contribution in [3.05, 3.63) is 41.1 Å². The minimum Gasteiger partial charge on any atom is -0.465 e. The third-order valence-electron chi connectivity index (χ3n) is 3.97. The van der Waals surface area contributed by atoms with E-state index in [2.05, 4.69) is 16.1 Å². The lowest BCUT2D eigenvalue weighted by molar-refractivity contribution is 0.0688. The number of aromatic nitrogens is 2. The molecule has 0 saturated heterocycles. The molecule has 3 rings (SSSR count). The summed E-state index contributed by atoms with van der Waals surface area (Å²) >= 11 is 0. The largest absolute Gasteiger partial charge is 0.465 e. The molecule has 0 unspecified atom stereocenters. The van der Waals surface area contributed by atoms with Gasteiger partial charge in [0.1, 0.15) is 11.5 Å². The van der Waals surface area contributed by atoms with Crippen LogP contribution in [0.1, 0.15) is 28.8 Å². The Morgan fingerprint density at radius 1 is 1.45 bits per heavy atom. The number of hydrogen-bond donors (Lipinski definition) is 0. The predicted molar refractivity (Wildman–Crippen MR) is 75.4 cm³/mol. The van der Waals surface area contributed by atoms with Crippen LogP contribution in [0.2, 0.25) is 0 Å². The van der Waals surface area contributed by atoms with Crippen molar-refractivity contribution in [2.24, 2.45) is 7.05 Å². The molecule has 5 heteroatoms. The van der Waals surface area contributed by atoms with Crippen molar-refractivity contribution < 1.29 is 9.15 Å². The van der Waals surface area contributed by atoms with Gasteiger partial charge in [-0.15, -0.1) is 0 Å². The smallest absolute Gasteiger partial charge is 0.118 e. The molecule has 1 aliphatic rings. The minimum atomic E-state index is 0.238. The molecule has 2 aromatic rings. The number of nitrogens with zero attached hydrogens (tertiary/aromatic N) is 3. The van der Waals surface area contributed by atoms with E-state index in [1.165, 1.54) is 11.3 Å². The lowest BCUT2D eigenvalue weighted by atomic mass is 10.00. The normalized spacial score (nSPS) is 19.2. The van der Waals surface area contributed by atoms with Crippen LogP contribution in [0, 0.1) is 6.92 Å². The molecule has 0 bridgehead atoms. The Labute approximate surface area is 119 Å². The summed E-state index contributed by atoms with van der Waals surface area (Å²) in [5.41, 5.74) is 2.60. The van der Waals surface area contributed by atoms with Crippen LogP contribution in [0.25, 0.3) is 0 Å². The highest BCUT2D eigenvalue weighted by Crippen LogP contribution is 2.30. The zero-order chi connectivity index (χ0) is 14.1. The van der Waals surface area contributed by atoms with Gasteiger partial charge in [-0.1, -0.05) is 0 Å². The van der Waals surface area contributed by atoms with Crippen LogP contribution in [0.3, 0.4) is 0 Å². The highest BCUT2D eigenvalue weighted by Gasteiger charge is 2.30.